The number of urea groups is 1. The molecule has 3 N–H and O–H groups in total. The molecule has 9 nitrogen and oxygen atoms in total. The average molecular weight is 548 g/mol. The number of alkyl halides is 3. The van der Waals surface area contributed by atoms with Crippen molar-refractivity contribution in [3.05, 3.63) is 96.8 Å². The van der Waals surface area contributed by atoms with Crippen LogP contribution in [0.3, 0.4) is 0 Å². The summed E-state index contributed by atoms with van der Waals surface area (Å²) in [4.78, 5) is 33.3. The minimum Gasteiger partial charge on any atom is -0.345 e. The molecule has 2 heterocycles. The Balaban J connectivity index is 1.32. The molecule has 40 heavy (non-hydrogen) atoms. The van der Waals surface area contributed by atoms with Gasteiger partial charge >= 0.3 is 12.2 Å². The lowest BCUT2D eigenvalue weighted by Gasteiger charge is -2.11. The molecule has 5 rings (SSSR count). The van der Waals surface area contributed by atoms with Crippen molar-refractivity contribution in [2.45, 2.75) is 12.7 Å². The number of anilines is 1. The predicted molar refractivity (Wildman–Crippen MR) is 144 cm³/mol. The molecule has 3 amide bonds. The number of aryl methyl sites for hydroxylation is 1. The van der Waals surface area contributed by atoms with Gasteiger partial charge in [-0.15, -0.1) is 0 Å². The topological polar surface area (TPSA) is 106 Å². The van der Waals surface area contributed by atoms with Gasteiger partial charge in [0.05, 0.1) is 17.6 Å². The molecule has 0 aliphatic rings. The molecule has 0 atom stereocenters. The van der Waals surface area contributed by atoms with E-state index in [0.29, 0.717) is 29.0 Å². The summed E-state index contributed by atoms with van der Waals surface area (Å²) in [5.74, 6) is 0.535. The third-order valence-corrected chi connectivity index (χ3v) is 6.16. The maximum absolute atomic E-state index is 12.7. The highest BCUT2D eigenvalue weighted by atomic mass is 19.4. The fraction of sp³-hybridized carbons (Fsp3) is 0.143. The first-order valence-electron chi connectivity index (χ1n) is 12.2. The van der Waals surface area contributed by atoms with E-state index in [0.717, 1.165) is 22.5 Å². The Bertz CT molecular complexity index is 1690. The van der Waals surface area contributed by atoms with Gasteiger partial charge in [0.25, 0.3) is 5.91 Å². The number of hydrogen-bond acceptors (Lipinski definition) is 4. The molecule has 0 spiro atoms. The summed E-state index contributed by atoms with van der Waals surface area (Å²) < 4.78 is 40.7. The number of halogens is 3. The number of carbonyl (C=O) groups is 2. The largest absolute Gasteiger partial charge is 0.405 e. The fourth-order valence-electron chi connectivity index (χ4n) is 4.16. The van der Waals surface area contributed by atoms with Crippen LogP contribution in [0.5, 0.6) is 0 Å². The van der Waals surface area contributed by atoms with Crippen LogP contribution in [-0.4, -0.2) is 43.8 Å². The van der Waals surface area contributed by atoms with Crippen LogP contribution in [0.2, 0.25) is 0 Å². The van der Waals surface area contributed by atoms with Crippen LogP contribution in [0.15, 0.2) is 85.5 Å². The molecule has 0 saturated heterocycles. The smallest absolute Gasteiger partial charge is 0.345 e. The van der Waals surface area contributed by atoms with Gasteiger partial charge < -0.3 is 20.5 Å². The van der Waals surface area contributed by atoms with Crippen molar-refractivity contribution in [3.8, 4) is 16.8 Å². The van der Waals surface area contributed by atoms with E-state index in [-0.39, 0.29) is 5.91 Å². The summed E-state index contributed by atoms with van der Waals surface area (Å²) in [5, 5.41) is 7.07. The van der Waals surface area contributed by atoms with Gasteiger partial charge in [0.15, 0.2) is 0 Å². The fourth-order valence-corrected chi connectivity index (χ4v) is 4.16. The Morgan fingerprint density at radius 1 is 0.925 bits per heavy atom. The second kappa shape index (κ2) is 10.9. The number of hydrogen-bond donors (Lipinski definition) is 3. The Morgan fingerprint density at radius 2 is 1.73 bits per heavy atom. The number of aromatic nitrogens is 4. The van der Waals surface area contributed by atoms with E-state index in [1.165, 1.54) is 0 Å². The third-order valence-electron chi connectivity index (χ3n) is 6.16. The van der Waals surface area contributed by atoms with Crippen LogP contribution in [0.1, 0.15) is 16.2 Å². The highest BCUT2D eigenvalue weighted by Gasteiger charge is 2.27. The predicted octanol–water partition coefficient (Wildman–Crippen LogP) is 5.04. The van der Waals surface area contributed by atoms with Crippen molar-refractivity contribution in [2.24, 2.45) is 7.05 Å². The molecule has 12 heteroatoms. The normalized spacial score (nSPS) is 11.4. The number of amides is 3. The molecular formula is C28H24F3N7O2. The van der Waals surface area contributed by atoms with Crippen molar-refractivity contribution < 1.29 is 22.8 Å². The Hall–Kier alpha value is -5.13. The van der Waals surface area contributed by atoms with Gasteiger partial charge in [-0.2, -0.15) is 13.2 Å². The van der Waals surface area contributed by atoms with E-state index >= 15 is 0 Å². The van der Waals surface area contributed by atoms with Crippen LogP contribution in [-0.2, 0) is 13.6 Å². The lowest BCUT2D eigenvalue weighted by Crippen LogP contribution is -2.36. The molecule has 0 aliphatic heterocycles. The summed E-state index contributed by atoms with van der Waals surface area (Å²) in [6.45, 7) is -1.11. The second-order valence-corrected chi connectivity index (χ2v) is 9.01. The summed E-state index contributed by atoms with van der Waals surface area (Å²) in [6, 6.07) is 18.7. The molecule has 3 aromatic carbocycles. The molecule has 0 aliphatic carbocycles. The standard InChI is InChI=1S/C28H24F3N7O2/c1-37-11-10-32-25(37)15-33-26(39)20-5-2-4-18(12-20)19-8-9-24-23(13-19)35-17-38(24)22-7-3-6-21(14-22)36-27(40)34-16-28(29,30)31/h2-14,17H,15-16H2,1H3,(H,33,39)(H2,34,36,40). The van der Waals surface area contributed by atoms with Gasteiger partial charge in [-0.1, -0.05) is 24.3 Å². The second-order valence-electron chi connectivity index (χ2n) is 9.01. The SMILES string of the molecule is Cn1ccnc1CNC(=O)c1cccc(-c2ccc3c(c2)ncn3-c2cccc(NC(=O)NCC(F)(F)F)c2)c1. The lowest BCUT2D eigenvalue weighted by atomic mass is 10.0. The minimum absolute atomic E-state index is 0.212. The first-order valence-corrected chi connectivity index (χ1v) is 12.2. The van der Waals surface area contributed by atoms with E-state index in [9.17, 15) is 22.8 Å². The molecule has 0 fully saturated rings. The Labute approximate surface area is 226 Å². The number of fused-ring (bicyclic) bond motifs is 1. The van der Waals surface area contributed by atoms with Gasteiger partial charge in [0.1, 0.15) is 18.7 Å². The number of nitrogens with one attached hydrogen (secondary N) is 3. The van der Waals surface area contributed by atoms with Crippen molar-refractivity contribution in [1.29, 1.82) is 0 Å². The third kappa shape index (κ3) is 6.12. The lowest BCUT2D eigenvalue weighted by molar-refractivity contribution is -0.122. The van der Waals surface area contributed by atoms with Gasteiger partial charge in [-0.05, 0) is 53.6 Å². The van der Waals surface area contributed by atoms with Gasteiger partial charge in [0.2, 0.25) is 0 Å². The molecule has 0 radical (unpaired) electrons. The van der Waals surface area contributed by atoms with Crippen LogP contribution in [0.25, 0.3) is 27.8 Å². The van der Waals surface area contributed by atoms with Crippen LogP contribution < -0.4 is 16.0 Å². The molecule has 204 valence electrons. The van der Waals surface area contributed by atoms with Crippen molar-refractivity contribution >= 4 is 28.7 Å². The van der Waals surface area contributed by atoms with E-state index in [1.807, 2.05) is 54.2 Å². The molecule has 5 aromatic rings. The average Bonchev–Trinajstić information content (AvgIpc) is 3.55. The van der Waals surface area contributed by atoms with E-state index < -0.39 is 18.8 Å². The van der Waals surface area contributed by atoms with Crippen LogP contribution in [0.4, 0.5) is 23.7 Å². The first-order chi connectivity index (χ1) is 19.2. The number of nitrogens with zero attached hydrogens (tertiary/aromatic N) is 4. The van der Waals surface area contributed by atoms with Crippen LogP contribution in [0, 0.1) is 0 Å². The number of benzene rings is 3. The summed E-state index contributed by atoms with van der Waals surface area (Å²) in [7, 11) is 1.86. The van der Waals surface area contributed by atoms with Gasteiger partial charge in [0, 0.05) is 36.4 Å². The van der Waals surface area contributed by atoms with E-state index in [2.05, 4.69) is 20.6 Å². The molecule has 2 aromatic heterocycles. The zero-order valence-corrected chi connectivity index (χ0v) is 21.2. The van der Waals surface area contributed by atoms with Crippen molar-refractivity contribution in [1.82, 2.24) is 29.7 Å². The zero-order valence-electron chi connectivity index (χ0n) is 21.2. The Morgan fingerprint density at radius 3 is 2.50 bits per heavy atom. The monoisotopic (exact) mass is 547 g/mol. The summed E-state index contributed by atoms with van der Waals surface area (Å²) >= 11 is 0. The van der Waals surface area contributed by atoms with E-state index in [1.54, 1.807) is 52.7 Å². The van der Waals surface area contributed by atoms with Gasteiger partial charge in [-0.3, -0.25) is 9.36 Å². The zero-order chi connectivity index (χ0) is 28.3. The highest BCUT2D eigenvalue weighted by molar-refractivity contribution is 5.96. The maximum Gasteiger partial charge on any atom is 0.405 e. The molecule has 0 bridgehead atoms. The van der Waals surface area contributed by atoms with Crippen LogP contribution >= 0.6 is 0 Å². The minimum atomic E-state index is -4.50. The van der Waals surface area contributed by atoms with Gasteiger partial charge in [-0.25, -0.2) is 14.8 Å². The number of imidazole rings is 2. The highest BCUT2D eigenvalue weighted by Crippen LogP contribution is 2.27. The summed E-state index contributed by atoms with van der Waals surface area (Å²) in [5.41, 5.74) is 4.70. The number of carbonyl (C=O) groups excluding carboxylic acids is 2. The summed E-state index contributed by atoms with van der Waals surface area (Å²) in [6.07, 6.45) is 0.614. The molecule has 0 unspecified atom stereocenters. The molecular weight excluding hydrogens is 523 g/mol. The van der Waals surface area contributed by atoms with Crippen molar-refractivity contribution in [2.75, 3.05) is 11.9 Å². The maximum atomic E-state index is 12.7. The Kier molecular flexibility index (Phi) is 7.23. The van der Waals surface area contributed by atoms with E-state index in [4.69, 9.17) is 0 Å². The number of rotatable bonds is 7. The van der Waals surface area contributed by atoms with Crippen molar-refractivity contribution in [3.63, 3.8) is 0 Å². The first kappa shape index (κ1) is 26.5. The quantitative estimate of drug-likeness (QED) is 0.266. The molecule has 0 saturated carbocycles.